The highest BCUT2D eigenvalue weighted by atomic mass is 35.5. The van der Waals surface area contributed by atoms with Gasteiger partial charge in [0.15, 0.2) is 0 Å². The normalized spacial score (nSPS) is 11.2. The lowest BCUT2D eigenvalue weighted by atomic mass is 9.88. The summed E-state index contributed by atoms with van der Waals surface area (Å²) >= 11 is 5.76. The van der Waals surface area contributed by atoms with Gasteiger partial charge in [0.1, 0.15) is 5.82 Å². The number of hydrogen-bond acceptors (Lipinski definition) is 2. The quantitative estimate of drug-likeness (QED) is 0.847. The zero-order valence-corrected chi connectivity index (χ0v) is 12.1. The summed E-state index contributed by atoms with van der Waals surface area (Å²) in [6.45, 7) is 3.58. The van der Waals surface area contributed by atoms with Gasteiger partial charge in [0.2, 0.25) is 0 Å². The highest BCUT2D eigenvalue weighted by Crippen LogP contribution is 2.24. The monoisotopic (exact) mass is 301 g/mol. The predicted octanol–water partition coefficient (Wildman–Crippen LogP) is 3.24. The van der Waals surface area contributed by atoms with E-state index in [0.717, 1.165) is 6.07 Å². The maximum atomic E-state index is 13.3. The van der Waals surface area contributed by atoms with Gasteiger partial charge in [-0.2, -0.15) is 0 Å². The van der Waals surface area contributed by atoms with E-state index in [1.165, 1.54) is 12.1 Å². The number of aliphatic carboxylic acids is 1. The summed E-state index contributed by atoms with van der Waals surface area (Å²) in [7, 11) is 0. The van der Waals surface area contributed by atoms with Crippen molar-refractivity contribution in [3.63, 3.8) is 0 Å². The van der Waals surface area contributed by atoms with Gasteiger partial charge in [0, 0.05) is 0 Å². The van der Waals surface area contributed by atoms with Crippen molar-refractivity contribution in [3.8, 4) is 0 Å². The van der Waals surface area contributed by atoms with E-state index in [1.807, 2.05) is 0 Å². The fourth-order valence-corrected chi connectivity index (χ4v) is 2.21. The Kier molecular flexibility index (Phi) is 5.51. The van der Waals surface area contributed by atoms with E-state index < -0.39 is 23.2 Å². The molecule has 0 saturated heterocycles. The minimum atomic E-state index is -1.00. The first kappa shape index (κ1) is 16.4. The molecular formula is C14H17ClFNO3. The topological polar surface area (TPSA) is 66.4 Å². The van der Waals surface area contributed by atoms with Crippen LogP contribution >= 0.6 is 11.6 Å². The molecule has 0 unspecified atom stereocenters. The van der Waals surface area contributed by atoms with Crippen LogP contribution in [0.15, 0.2) is 18.2 Å². The molecule has 0 bridgehead atoms. The Hall–Kier alpha value is -1.62. The Morgan fingerprint density at radius 1 is 1.35 bits per heavy atom. The minimum absolute atomic E-state index is 0.00308. The van der Waals surface area contributed by atoms with Crippen LogP contribution in [0.1, 0.15) is 43.5 Å². The van der Waals surface area contributed by atoms with E-state index in [4.69, 9.17) is 16.7 Å². The first-order chi connectivity index (χ1) is 9.35. The number of nitrogens with one attached hydrogen (secondary N) is 1. The van der Waals surface area contributed by atoms with Gasteiger partial charge < -0.3 is 10.4 Å². The van der Waals surface area contributed by atoms with Crippen molar-refractivity contribution in [2.24, 2.45) is 0 Å². The Morgan fingerprint density at radius 2 is 1.95 bits per heavy atom. The molecule has 110 valence electrons. The van der Waals surface area contributed by atoms with Crippen molar-refractivity contribution in [1.29, 1.82) is 0 Å². The Labute approximate surface area is 121 Å². The summed E-state index contributed by atoms with van der Waals surface area (Å²) in [4.78, 5) is 23.1. The molecule has 0 radical (unpaired) electrons. The Morgan fingerprint density at radius 3 is 2.45 bits per heavy atom. The SMILES string of the molecule is CCC(CC)(CC(=O)O)NC(=O)c1cccc(F)c1Cl. The number of carbonyl (C=O) groups excluding carboxylic acids is 1. The van der Waals surface area contributed by atoms with E-state index in [9.17, 15) is 14.0 Å². The molecule has 2 N–H and O–H groups in total. The second kappa shape index (κ2) is 6.70. The van der Waals surface area contributed by atoms with Gasteiger partial charge in [-0.05, 0) is 25.0 Å². The molecule has 0 spiro atoms. The van der Waals surface area contributed by atoms with Crippen molar-refractivity contribution in [1.82, 2.24) is 5.32 Å². The van der Waals surface area contributed by atoms with Crippen LogP contribution in [-0.2, 0) is 4.79 Å². The average molecular weight is 302 g/mol. The number of rotatable bonds is 6. The van der Waals surface area contributed by atoms with Crippen LogP contribution < -0.4 is 5.32 Å². The van der Waals surface area contributed by atoms with Crippen LogP contribution in [0.3, 0.4) is 0 Å². The molecule has 1 rings (SSSR count). The first-order valence-electron chi connectivity index (χ1n) is 6.33. The second-order valence-electron chi connectivity index (χ2n) is 4.61. The largest absolute Gasteiger partial charge is 0.481 e. The molecule has 4 nitrogen and oxygen atoms in total. The lowest BCUT2D eigenvalue weighted by molar-refractivity contribution is -0.138. The zero-order valence-electron chi connectivity index (χ0n) is 11.4. The van der Waals surface area contributed by atoms with Crippen LogP contribution in [-0.4, -0.2) is 22.5 Å². The molecule has 0 aliphatic carbocycles. The Balaban J connectivity index is 3.02. The van der Waals surface area contributed by atoms with Crippen LogP contribution in [0.2, 0.25) is 5.02 Å². The number of carboxylic acids is 1. The highest BCUT2D eigenvalue weighted by molar-refractivity contribution is 6.34. The molecule has 6 heteroatoms. The smallest absolute Gasteiger partial charge is 0.305 e. The number of amides is 1. The van der Waals surface area contributed by atoms with Gasteiger partial charge in [0.25, 0.3) is 5.91 Å². The van der Waals surface area contributed by atoms with E-state index in [0.29, 0.717) is 12.8 Å². The summed E-state index contributed by atoms with van der Waals surface area (Å²) in [5.74, 6) is -2.25. The molecule has 0 atom stereocenters. The van der Waals surface area contributed by atoms with Gasteiger partial charge in [-0.15, -0.1) is 0 Å². The van der Waals surface area contributed by atoms with Crippen molar-refractivity contribution >= 4 is 23.5 Å². The summed E-state index contributed by atoms with van der Waals surface area (Å²) in [6, 6.07) is 3.94. The lowest BCUT2D eigenvalue weighted by Crippen LogP contribution is -2.49. The third-order valence-electron chi connectivity index (χ3n) is 3.42. The fraction of sp³-hybridized carbons (Fsp3) is 0.429. The van der Waals surface area contributed by atoms with E-state index in [-0.39, 0.29) is 17.0 Å². The van der Waals surface area contributed by atoms with Crippen LogP contribution in [0.4, 0.5) is 4.39 Å². The lowest BCUT2D eigenvalue weighted by Gasteiger charge is -2.31. The predicted molar refractivity (Wildman–Crippen MR) is 74.4 cm³/mol. The Bertz CT molecular complexity index is 515. The second-order valence-corrected chi connectivity index (χ2v) is 4.99. The molecule has 0 aliphatic rings. The summed E-state index contributed by atoms with van der Waals surface area (Å²) in [5.41, 5.74) is -0.859. The number of benzene rings is 1. The maximum Gasteiger partial charge on any atom is 0.305 e. The molecule has 0 aliphatic heterocycles. The minimum Gasteiger partial charge on any atom is -0.481 e. The molecule has 1 aromatic rings. The van der Waals surface area contributed by atoms with Crippen LogP contribution in [0.25, 0.3) is 0 Å². The molecule has 0 fully saturated rings. The number of carbonyl (C=O) groups is 2. The summed E-state index contributed by atoms with van der Waals surface area (Å²) in [5, 5.41) is 11.4. The number of carboxylic acid groups (broad SMARTS) is 1. The molecule has 20 heavy (non-hydrogen) atoms. The van der Waals surface area contributed by atoms with Gasteiger partial charge in [-0.25, -0.2) is 4.39 Å². The molecule has 0 aromatic heterocycles. The third kappa shape index (κ3) is 3.70. The zero-order chi connectivity index (χ0) is 15.3. The van der Waals surface area contributed by atoms with Gasteiger partial charge in [-0.1, -0.05) is 31.5 Å². The first-order valence-corrected chi connectivity index (χ1v) is 6.71. The summed E-state index contributed by atoms with van der Waals surface area (Å²) < 4.78 is 13.3. The van der Waals surface area contributed by atoms with E-state index in [1.54, 1.807) is 13.8 Å². The molecular weight excluding hydrogens is 285 g/mol. The van der Waals surface area contributed by atoms with Gasteiger partial charge >= 0.3 is 5.97 Å². The fourth-order valence-electron chi connectivity index (χ4n) is 2.00. The van der Waals surface area contributed by atoms with Crippen LogP contribution in [0.5, 0.6) is 0 Å². The van der Waals surface area contributed by atoms with Crippen molar-refractivity contribution < 1.29 is 19.1 Å². The molecule has 0 saturated carbocycles. The third-order valence-corrected chi connectivity index (χ3v) is 3.80. The van der Waals surface area contributed by atoms with Crippen LogP contribution in [0, 0.1) is 5.82 Å². The van der Waals surface area contributed by atoms with Crippen molar-refractivity contribution in [3.05, 3.63) is 34.6 Å². The number of halogens is 2. The summed E-state index contributed by atoms with van der Waals surface area (Å²) in [6.07, 6.45) is 0.710. The van der Waals surface area contributed by atoms with Crippen molar-refractivity contribution in [2.75, 3.05) is 0 Å². The highest BCUT2D eigenvalue weighted by Gasteiger charge is 2.32. The van der Waals surface area contributed by atoms with E-state index >= 15 is 0 Å². The van der Waals surface area contributed by atoms with E-state index in [2.05, 4.69) is 5.32 Å². The molecule has 1 amide bonds. The maximum absolute atomic E-state index is 13.3. The molecule has 0 heterocycles. The standard InChI is InChI=1S/C14H17ClFNO3/c1-3-14(4-2,8-11(18)19)17-13(20)9-6-5-7-10(16)12(9)15/h5-7H,3-4,8H2,1-2H3,(H,17,20)(H,18,19). The molecule has 1 aromatic carbocycles. The number of hydrogen-bond donors (Lipinski definition) is 2. The average Bonchev–Trinajstić information content (AvgIpc) is 2.40. The van der Waals surface area contributed by atoms with Gasteiger partial charge in [0.05, 0.1) is 22.5 Å². The van der Waals surface area contributed by atoms with Gasteiger partial charge in [-0.3, -0.25) is 9.59 Å². The van der Waals surface area contributed by atoms with Crippen molar-refractivity contribution in [2.45, 2.75) is 38.6 Å².